The van der Waals surface area contributed by atoms with Gasteiger partial charge in [-0.15, -0.1) is 0 Å². The van der Waals surface area contributed by atoms with Crippen LogP contribution in [0.4, 0.5) is 5.69 Å². The standard InChI is InChI=1S/C25H33N5O/c26-19-13-30(14-19)25-9-17(8-18-11-27-5-4-20(18)25)23-10-22-16(12-29-23)2-1-3-21(22)24-15-31-7-6-28-24/h1-3,8-9,19,23-24,27-29H,4-7,10-15,26H2. The van der Waals surface area contributed by atoms with Crippen LogP contribution in [-0.2, 0) is 30.7 Å². The van der Waals surface area contributed by atoms with Crippen LogP contribution in [0.5, 0.6) is 0 Å². The van der Waals surface area contributed by atoms with Crippen LogP contribution in [-0.4, -0.2) is 45.4 Å². The summed E-state index contributed by atoms with van der Waals surface area (Å²) in [6.07, 6.45) is 2.13. The average Bonchev–Trinajstić information content (AvgIpc) is 2.81. The van der Waals surface area contributed by atoms with Gasteiger partial charge < -0.3 is 31.3 Å². The quantitative estimate of drug-likeness (QED) is 0.605. The van der Waals surface area contributed by atoms with Crippen molar-refractivity contribution >= 4 is 5.69 Å². The molecular formula is C25H33N5O. The van der Waals surface area contributed by atoms with Crippen LogP contribution >= 0.6 is 0 Å². The van der Waals surface area contributed by atoms with Gasteiger partial charge in [0.1, 0.15) is 0 Å². The van der Waals surface area contributed by atoms with Gasteiger partial charge in [0.25, 0.3) is 0 Å². The molecule has 4 aliphatic rings. The van der Waals surface area contributed by atoms with E-state index < -0.39 is 0 Å². The zero-order chi connectivity index (χ0) is 20.8. The van der Waals surface area contributed by atoms with Crippen LogP contribution in [0.15, 0.2) is 30.3 Å². The van der Waals surface area contributed by atoms with E-state index in [1.165, 1.54) is 39.1 Å². The molecule has 2 fully saturated rings. The fraction of sp³-hybridized carbons (Fsp3) is 0.520. The number of fused-ring (bicyclic) bond motifs is 2. The molecule has 4 heterocycles. The van der Waals surface area contributed by atoms with Crippen LogP contribution < -0.4 is 26.6 Å². The maximum Gasteiger partial charge on any atom is 0.0662 e. The Kier molecular flexibility index (Phi) is 5.20. The van der Waals surface area contributed by atoms with E-state index in [0.29, 0.717) is 18.1 Å². The topological polar surface area (TPSA) is 74.6 Å². The Balaban J connectivity index is 1.33. The minimum Gasteiger partial charge on any atom is -0.378 e. The van der Waals surface area contributed by atoms with Gasteiger partial charge in [-0.1, -0.05) is 24.3 Å². The molecule has 0 aromatic heterocycles. The third kappa shape index (κ3) is 3.66. The predicted octanol–water partition coefficient (Wildman–Crippen LogP) is 1.53. The van der Waals surface area contributed by atoms with E-state index in [9.17, 15) is 0 Å². The molecule has 4 aliphatic heterocycles. The summed E-state index contributed by atoms with van der Waals surface area (Å²) >= 11 is 0. The van der Waals surface area contributed by atoms with E-state index >= 15 is 0 Å². The molecule has 2 atom stereocenters. The third-order valence-electron chi connectivity index (χ3n) is 7.41. The third-order valence-corrected chi connectivity index (χ3v) is 7.41. The fourth-order valence-corrected chi connectivity index (χ4v) is 5.72. The molecule has 0 spiro atoms. The van der Waals surface area contributed by atoms with E-state index in [4.69, 9.17) is 10.5 Å². The molecule has 0 radical (unpaired) electrons. The minimum atomic E-state index is 0.299. The maximum absolute atomic E-state index is 6.12. The fourth-order valence-electron chi connectivity index (χ4n) is 5.72. The molecule has 2 saturated heterocycles. The van der Waals surface area contributed by atoms with Crippen LogP contribution in [0.3, 0.4) is 0 Å². The molecule has 164 valence electrons. The van der Waals surface area contributed by atoms with Crippen molar-refractivity contribution in [3.05, 3.63) is 63.7 Å². The highest BCUT2D eigenvalue weighted by molar-refractivity contribution is 5.62. The lowest BCUT2D eigenvalue weighted by molar-refractivity contribution is 0.0765. The number of hydrogen-bond donors (Lipinski definition) is 4. The van der Waals surface area contributed by atoms with Gasteiger partial charge in [0.05, 0.1) is 19.3 Å². The van der Waals surface area contributed by atoms with E-state index in [2.05, 4.69) is 51.2 Å². The number of hydrogen-bond acceptors (Lipinski definition) is 6. The summed E-state index contributed by atoms with van der Waals surface area (Å²) in [4.78, 5) is 2.48. The van der Waals surface area contributed by atoms with E-state index in [1.807, 2.05) is 0 Å². The van der Waals surface area contributed by atoms with Crippen molar-refractivity contribution in [2.45, 2.75) is 44.1 Å². The number of nitrogens with two attached hydrogens (primary N) is 1. The summed E-state index contributed by atoms with van der Waals surface area (Å²) in [5.41, 5.74) is 16.3. The average molecular weight is 420 g/mol. The first kappa shape index (κ1) is 19.7. The highest BCUT2D eigenvalue weighted by Crippen LogP contribution is 2.37. The summed E-state index contributed by atoms with van der Waals surface area (Å²) in [6, 6.07) is 12.6. The molecule has 6 rings (SSSR count). The Morgan fingerprint density at radius 1 is 0.968 bits per heavy atom. The monoisotopic (exact) mass is 419 g/mol. The van der Waals surface area contributed by atoms with Crippen molar-refractivity contribution in [1.82, 2.24) is 16.0 Å². The summed E-state index contributed by atoms with van der Waals surface area (Å²) in [6.45, 7) is 7.39. The molecule has 6 heteroatoms. The SMILES string of the molecule is NC1CN(c2cc(C3Cc4c(cccc4C4COCCN4)CN3)cc3c2CCNC3)C1. The highest BCUT2D eigenvalue weighted by Gasteiger charge is 2.30. The van der Waals surface area contributed by atoms with Gasteiger partial charge in [-0.3, -0.25) is 0 Å². The second kappa shape index (κ2) is 8.19. The molecule has 5 N–H and O–H groups in total. The van der Waals surface area contributed by atoms with Crippen molar-refractivity contribution in [3.8, 4) is 0 Å². The van der Waals surface area contributed by atoms with Crippen LogP contribution in [0.2, 0.25) is 0 Å². The first-order valence-corrected chi connectivity index (χ1v) is 11.8. The highest BCUT2D eigenvalue weighted by atomic mass is 16.5. The van der Waals surface area contributed by atoms with Gasteiger partial charge in [0, 0.05) is 50.5 Å². The molecule has 2 unspecified atom stereocenters. The maximum atomic E-state index is 6.12. The lowest BCUT2D eigenvalue weighted by Crippen LogP contribution is -2.56. The molecule has 0 aliphatic carbocycles. The summed E-state index contributed by atoms with van der Waals surface area (Å²) in [5.74, 6) is 0. The van der Waals surface area contributed by atoms with Crippen molar-refractivity contribution < 1.29 is 4.74 Å². The van der Waals surface area contributed by atoms with Crippen LogP contribution in [0, 0.1) is 0 Å². The summed E-state index contributed by atoms with van der Waals surface area (Å²) < 4.78 is 5.77. The lowest BCUT2D eigenvalue weighted by Gasteiger charge is -2.41. The van der Waals surface area contributed by atoms with Crippen molar-refractivity contribution in [2.24, 2.45) is 5.73 Å². The Bertz CT molecular complexity index is 965. The number of ether oxygens (including phenoxy) is 1. The Hall–Kier alpha value is -1.96. The van der Waals surface area contributed by atoms with E-state index in [-0.39, 0.29) is 0 Å². The molecule has 6 nitrogen and oxygen atoms in total. The first-order chi connectivity index (χ1) is 15.3. The van der Waals surface area contributed by atoms with Crippen LogP contribution in [0.1, 0.15) is 45.5 Å². The number of morpholine rings is 1. The Labute approximate surface area is 184 Å². The number of rotatable bonds is 3. The van der Waals surface area contributed by atoms with Gasteiger partial charge in [0.2, 0.25) is 0 Å². The van der Waals surface area contributed by atoms with Crippen molar-refractivity contribution in [3.63, 3.8) is 0 Å². The molecule has 0 saturated carbocycles. The Morgan fingerprint density at radius 3 is 2.74 bits per heavy atom. The normalized spacial score (nSPS) is 26.2. The van der Waals surface area contributed by atoms with E-state index in [0.717, 1.165) is 65.3 Å². The number of nitrogens with one attached hydrogen (secondary N) is 3. The number of benzene rings is 2. The zero-order valence-corrected chi connectivity index (χ0v) is 18.1. The number of anilines is 1. The van der Waals surface area contributed by atoms with E-state index in [1.54, 1.807) is 0 Å². The second-order valence-corrected chi connectivity index (χ2v) is 9.47. The van der Waals surface area contributed by atoms with Gasteiger partial charge in [-0.2, -0.15) is 0 Å². The number of nitrogens with zero attached hydrogens (tertiary/aromatic N) is 1. The summed E-state index contributed by atoms with van der Waals surface area (Å²) in [7, 11) is 0. The van der Waals surface area contributed by atoms with Crippen molar-refractivity contribution in [1.29, 1.82) is 0 Å². The van der Waals surface area contributed by atoms with Gasteiger partial charge in [-0.25, -0.2) is 0 Å². The van der Waals surface area contributed by atoms with Crippen molar-refractivity contribution in [2.75, 3.05) is 44.3 Å². The predicted molar refractivity (Wildman–Crippen MR) is 123 cm³/mol. The van der Waals surface area contributed by atoms with Crippen LogP contribution in [0.25, 0.3) is 0 Å². The molecular weight excluding hydrogens is 386 g/mol. The van der Waals surface area contributed by atoms with Gasteiger partial charge >= 0.3 is 0 Å². The minimum absolute atomic E-state index is 0.299. The molecule has 2 aromatic rings. The lowest BCUT2D eigenvalue weighted by atomic mass is 9.84. The molecule has 2 aromatic carbocycles. The largest absolute Gasteiger partial charge is 0.378 e. The first-order valence-electron chi connectivity index (χ1n) is 11.8. The van der Waals surface area contributed by atoms with Gasteiger partial charge in [-0.05, 0) is 58.8 Å². The summed E-state index contributed by atoms with van der Waals surface area (Å²) in [5, 5.41) is 11.0. The molecule has 0 amide bonds. The molecule has 31 heavy (non-hydrogen) atoms. The zero-order valence-electron chi connectivity index (χ0n) is 18.1. The van der Waals surface area contributed by atoms with Gasteiger partial charge in [0.15, 0.2) is 0 Å². The Morgan fingerprint density at radius 2 is 1.90 bits per heavy atom. The second-order valence-electron chi connectivity index (χ2n) is 9.47. The smallest absolute Gasteiger partial charge is 0.0662 e. The molecule has 0 bridgehead atoms.